The number of fused-ring (bicyclic) bond motifs is 3. The third-order valence-corrected chi connectivity index (χ3v) is 5.97. The van der Waals surface area contributed by atoms with Gasteiger partial charge in [0, 0.05) is 35.3 Å². The molecule has 2 aromatic carbocycles. The molecule has 11 heteroatoms. The number of aromatic amines is 1. The number of carbonyl (C=O) groups is 1. The molecule has 0 radical (unpaired) electrons. The maximum absolute atomic E-state index is 13.9. The molecule has 0 saturated carbocycles. The summed E-state index contributed by atoms with van der Waals surface area (Å²) in [7, 11) is 0. The van der Waals surface area contributed by atoms with Crippen LogP contribution in [-0.2, 0) is 12.6 Å². The summed E-state index contributed by atoms with van der Waals surface area (Å²) in [6.07, 6.45) is -2.30. The van der Waals surface area contributed by atoms with Crippen molar-refractivity contribution in [1.82, 2.24) is 24.9 Å². The molecule has 0 saturated heterocycles. The Labute approximate surface area is 201 Å². The van der Waals surface area contributed by atoms with E-state index in [1.54, 1.807) is 18.2 Å². The van der Waals surface area contributed by atoms with Gasteiger partial charge in [0.25, 0.3) is 5.91 Å². The summed E-state index contributed by atoms with van der Waals surface area (Å²) in [6.45, 7) is 0.330. The van der Waals surface area contributed by atoms with E-state index in [0.717, 1.165) is 22.5 Å². The van der Waals surface area contributed by atoms with Crippen LogP contribution < -0.4 is 14.8 Å². The summed E-state index contributed by atoms with van der Waals surface area (Å²) >= 11 is 0. The minimum atomic E-state index is -4.72. The standard InChI is InChI=1S/C25H18F3N5O3/c26-25(27,28)22-10-18(14-5-6-20-21(9-14)36-13-35-20)31-23-11-19(32-33(22)23)24(34)29-8-7-15-12-30-17-4-2-1-3-16(15)17/h1-6,9-12,30H,7-8,13H2,(H,29,34). The van der Waals surface area contributed by atoms with Gasteiger partial charge in [-0.15, -0.1) is 0 Å². The largest absolute Gasteiger partial charge is 0.454 e. The predicted molar refractivity (Wildman–Crippen MR) is 124 cm³/mol. The Morgan fingerprint density at radius 1 is 1.08 bits per heavy atom. The first-order chi connectivity index (χ1) is 17.4. The third-order valence-electron chi connectivity index (χ3n) is 5.97. The van der Waals surface area contributed by atoms with Crippen LogP contribution in [0.4, 0.5) is 13.2 Å². The third kappa shape index (κ3) is 3.88. The number of aromatic nitrogens is 4. The van der Waals surface area contributed by atoms with Crippen LogP contribution >= 0.6 is 0 Å². The number of amides is 1. The van der Waals surface area contributed by atoms with Crippen LogP contribution in [-0.4, -0.2) is 38.8 Å². The Bertz CT molecular complexity index is 1620. The van der Waals surface area contributed by atoms with E-state index in [1.807, 2.05) is 30.5 Å². The van der Waals surface area contributed by atoms with Crippen LogP contribution in [0.3, 0.4) is 0 Å². The van der Waals surface area contributed by atoms with Gasteiger partial charge in [0.15, 0.2) is 28.5 Å². The maximum atomic E-state index is 13.9. The van der Waals surface area contributed by atoms with Crippen molar-refractivity contribution in [3.05, 3.63) is 77.7 Å². The highest BCUT2D eigenvalue weighted by molar-refractivity contribution is 5.93. The minimum absolute atomic E-state index is 0.0421. The van der Waals surface area contributed by atoms with Crippen molar-refractivity contribution in [2.75, 3.05) is 13.3 Å². The van der Waals surface area contributed by atoms with Crippen LogP contribution in [0.1, 0.15) is 21.7 Å². The van der Waals surface area contributed by atoms with Gasteiger partial charge in [0.1, 0.15) is 0 Å². The van der Waals surface area contributed by atoms with E-state index >= 15 is 0 Å². The molecule has 0 aliphatic carbocycles. The van der Waals surface area contributed by atoms with Crippen LogP contribution in [0.2, 0.25) is 0 Å². The molecule has 0 fully saturated rings. The maximum Gasteiger partial charge on any atom is 0.433 e. The highest BCUT2D eigenvalue weighted by atomic mass is 19.4. The van der Waals surface area contributed by atoms with Crippen LogP contribution in [0.25, 0.3) is 27.8 Å². The number of hydrogen-bond acceptors (Lipinski definition) is 5. The van der Waals surface area contributed by atoms with Crippen molar-refractivity contribution in [3.8, 4) is 22.8 Å². The van der Waals surface area contributed by atoms with Crippen molar-refractivity contribution in [2.24, 2.45) is 0 Å². The molecular formula is C25H18F3N5O3. The molecule has 3 aromatic heterocycles. The summed E-state index contributed by atoms with van der Waals surface area (Å²) in [4.78, 5) is 20.2. The number of carbonyl (C=O) groups excluding carboxylic acids is 1. The zero-order chi connectivity index (χ0) is 24.9. The van der Waals surface area contributed by atoms with Crippen molar-refractivity contribution >= 4 is 22.5 Å². The van der Waals surface area contributed by atoms with Crippen molar-refractivity contribution in [3.63, 3.8) is 0 Å². The van der Waals surface area contributed by atoms with E-state index < -0.39 is 17.8 Å². The zero-order valence-electron chi connectivity index (χ0n) is 18.6. The van der Waals surface area contributed by atoms with Crippen LogP contribution in [0, 0.1) is 0 Å². The Morgan fingerprint density at radius 3 is 2.78 bits per heavy atom. The van der Waals surface area contributed by atoms with Crippen molar-refractivity contribution in [2.45, 2.75) is 12.6 Å². The topological polar surface area (TPSA) is 93.5 Å². The lowest BCUT2D eigenvalue weighted by Crippen LogP contribution is -2.26. The first kappa shape index (κ1) is 22.0. The van der Waals surface area contributed by atoms with Gasteiger partial charge >= 0.3 is 6.18 Å². The van der Waals surface area contributed by atoms with Gasteiger partial charge in [-0.1, -0.05) is 18.2 Å². The van der Waals surface area contributed by atoms with E-state index in [0.29, 0.717) is 28.0 Å². The first-order valence-corrected chi connectivity index (χ1v) is 11.1. The van der Waals surface area contributed by atoms with E-state index in [4.69, 9.17) is 9.47 Å². The minimum Gasteiger partial charge on any atom is -0.454 e. The number of para-hydroxylation sites is 1. The smallest absolute Gasteiger partial charge is 0.433 e. The lowest BCUT2D eigenvalue weighted by Gasteiger charge is -2.11. The van der Waals surface area contributed by atoms with E-state index in [1.165, 1.54) is 6.07 Å². The van der Waals surface area contributed by atoms with Gasteiger partial charge in [0.05, 0.1) is 5.69 Å². The summed E-state index contributed by atoms with van der Waals surface area (Å²) in [6, 6.07) is 14.7. The van der Waals surface area contributed by atoms with Gasteiger partial charge in [-0.2, -0.15) is 18.3 Å². The molecule has 4 heterocycles. The second-order valence-corrected chi connectivity index (χ2v) is 8.26. The Kier molecular flexibility index (Phi) is 5.06. The number of benzene rings is 2. The molecule has 1 aliphatic heterocycles. The van der Waals surface area contributed by atoms with Gasteiger partial charge in [-0.3, -0.25) is 4.79 Å². The molecule has 1 amide bonds. The molecule has 0 unspecified atom stereocenters. The average molecular weight is 493 g/mol. The van der Waals surface area contributed by atoms with E-state index in [-0.39, 0.29) is 30.4 Å². The molecule has 1 aliphatic rings. The SMILES string of the molecule is O=C(NCCc1c[nH]c2ccccc12)c1cc2nc(-c3ccc4c(c3)OCO4)cc(C(F)(F)F)n2n1. The highest BCUT2D eigenvalue weighted by Crippen LogP contribution is 2.37. The van der Waals surface area contributed by atoms with Gasteiger partial charge in [-0.05, 0) is 42.3 Å². The normalized spacial score (nSPS) is 13.0. The first-order valence-electron chi connectivity index (χ1n) is 11.1. The summed E-state index contributed by atoms with van der Waals surface area (Å²) < 4.78 is 52.9. The van der Waals surface area contributed by atoms with Gasteiger partial charge in [0.2, 0.25) is 6.79 Å². The molecule has 182 valence electrons. The number of H-pyrrole nitrogens is 1. The lowest BCUT2D eigenvalue weighted by atomic mass is 10.1. The van der Waals surface area contributed by atoms with Gasteiger partial charge < -0.3 is 19.8 Å². The fraction of sp³-hybridized carbons (Fsp3) is 0.160. The van der Waals surface area contributed by atoms with Crippen molar-refractivity contribution < 1.29 is 27.4 Å². The van der Waals surface area contributed by atoms with E-state index in [9.17, 15) is 18.0 Å². The highest BCUT2D eigenvalue weighted by Gasteiger charge is 2.36. The molecule has 36 heavy (non-hydrogen) atoms. The summed E-state index contributed by atoms with van der Waals surface area (Å²) in [5.41, 5.74) is 1.20. The van der Waals surface area contributed by atoms with E-state index in [2.05, 4.69) is 20.4 Å². The lowest BCUT2D eigenvalue weighted by molar-refractivity contribution is -0.142. The molecule has 2 N–H and O–H groups in total. The fourth-order valence-corrected chi connectivity index (χ4v) is 4.23. The molecular weight excluding hydrogens is 475 g/mol. The fourth-order valence-electron chi connectivity index (χ4n) is 4.23. The number of halogens is 3. The predicted octanol–water partition coefficient (Wildman–Crippen LogP) is 4.60. The Balaban J connectivity index is 1.27. The van der Waals surface area contributed by atoms with Gasteiger partial charge in [-0.25, -0.2) is 9.50 Å². The number of nitrogens with one attached hydrogen (secondary N) is 2. The molecule has 8 nitrogen and oxygen atoms in total. The Morgan fingerprint density at radius 2 is 1.92 bits per heavy atom. The second-order valence-electron chi connectivity index (χ2n) is 8.26. The number of hydrogen-bond donors (Lipinski definition) is 2. The average Bonchev–Trinajstić information content (AvgIpc) is 3.60. The number of nitrogens with zero attached hydrogens (tertiary/aromatic N) is 3. The Hall–Kier alpha value is -4.54. The molecule has 0 atom stereocenters. The summed E-state index contributed by atoms with van der Waals surface area (Å²) in [5, 5.41) is 7.69. The van der Waals surface area contributed by atoms with Crippen molar-refractivity contribution in [1.29, 1.82) is 0 Å². The monoisotopic (exact) mass is 493 g/mol. The number of rotatable bonds is 5. The summed E-state index contributed by atoms with van der Waals surface area (Å²) in [5.74, 6) is 0.344. The molecule has 0 bridgehead atoms. The quantitative estimate of drug-likeness (QED) is 0.373. The second kappa shape index (κ2) is 8.29. The molecule has 6 rings (SSSR count). The number of ether oxygens (including phenoxy) is 2. The molecule has 0 spiro atoms. The number of alkyl halides is 3. The van der Waals surface area contributed by atoms with Crippen LogP contribution in [0.15, 0.2) is 60.8 Å². The zero-order valence-corrected chi connectivity index (χ0v) is 18.6. The van der Waals surface area contributed by atoms with Crippen LogP contribution in [0.5, 0.6) is 11.5 Å². The molecule has 5 aromatic rings.